The molecule has 1 aliphatic heterocycles. The molecule has 0 saturated carbocycles. The summed E-state index contributed by atoms with van der Waals surface area (Å²) in [5.41, 5.74) is 1.79. The molecule has 29 heavy (non-hydrogen) atoms. The van der Waals surface area contributed by atoms with Crippen LogP contribution in [0.4, 0.5) is 4.79 Å². The number of esters is 1. The first-order valence-corrected chi connectivity index (χ1v) is 9.83. The van der Waals surface area contributed by atoms with Gasteiger partial charge in [-0.2, -0.15) is 0 Å². The summed E-state index contributed by atoms with van der Waals surface area (Å²) in [6.45, 7) is 3.04. The molecule has 0 bridgehead atoms. The second kappa shape index (κ2) is 11.2. The van der Waals surface area contributed by atoms with Crippen LogP contribution in [0.25, 0.3) is 0 Å². The zero-order chi connectivity index (χ0) is 20.3. The van der Waals surface area contributed by atoms with Gasteiger partial charge in [0, 0.05) is 32.7 Å². The monoisotopic (exact) mass is 397 g/mol. The smallest absolute Gasteiger partial charge is 0.410 e. The number of carbonyl (C=O) groups is 2. The highest BCUT2D eigenvalue weighted by molar-refractivity contribution is 5.81. The molecule has 0 aliphatic carbocycles. The van der Waals surface area contributed by atoms with Crippen LogP contribution in [0.1, 0.15) is 11.1 Å². The molecule has 2 N–H and O–H groups in total. The summed E-state index contributed by atoms with van der Waals surface area (Å²) < 4.78 is 11.0. The SMILES string of the molecule is O=C(OCc1ccccc1)C1CNCCNCCN1C(=O)OCc1ccccc1. The van der Waals surface area contributed by atoms with Gasteiger partial charge >= 0.3 is 12.1 Å². The molecule has 1 heterocycles. The zero-order valence-electron chi connectivity index (χ0n) is 16.4. The van der Waals surface area contributed by atoms with Gasteiger partial charge in [-0.25, -0.2) is 9.59 Å². The van der Waals surface area contributed by atoms with Crippen LogP contribution in [0, 0.1) is 0 Å². The summed E-state index contributed by atoms with van der Waals surface area (Å²) in [4.78, 5) is 27.0. The fraction of sp³-hybridized carbons (Fsp3) is 0.364. The van der Waals surface area contributed by atoms with Crippen molar-refractivity contribution in [2.75, 3.05) is 32.7 Å². The van der Waals surface area contributed by atoms with Crippen molar-refractivity contribution in [1.29, 1.82) is 0 Å². The van der Waals surface area contributed by atoms with Crippen LogP contribution in [0.5, 0.6) is 0 Å². The number of hydrogen-bond donors (Lipinski definition) is 2. The van der Waals surface area contributed by atoms with Crippen LogP contribution < -0.4 is 10.6 Å². The van der Waals surface area contributed by atoms with Crippen molar-refractivity contribution in [3.05, 3.63) is 71.8 Å². The van der Waals surface area contributed by atoms with Crippen molar-refractivity contribution in [2.45, 2.75) is 19.3 Å². The molecule has 1 aliphatic rings. The van der Waals surface area contributed by atoms with E-state index in [1.54, 1.807) is 0 Å². The molecular formula is C22H27N3O4. The predicted molar refractivity (Wildman–Crippen MR) is 109 cm³/mol. The van der Waals surface area contributed by atoms with E-state index in [0.29, 0.717) is 26.2 Å². The lowest BCUT2D eigenvalue weighted by molar-refractivity contribution is -0.150. The van der Waals surface area contributed by atoms with Crippen molar-refractivity contribution in [3.63, 3.8) is 0 Å². The van der Waals surface area contributed by atoms with Gasteiger partial charge in [-0.1, -0.05) is 60.7 Å². The number of carbonyl (C=O) groups excluding carboxylic acids is 2. The molecule has 1 fully saturated rings. The topological polar surface area (TPSA) is 79.9 Å². The Hall–Kier alpha value is -2.90. The van der Waals surface area contributed by atoms with E-state index in [0.717, 1.165) is 17.7 Å². The van der Waals surface area contributed by atoms with E-state index in [9.17, 15) is 9.59 Å². The molecule has 7 nitrogen and oxygen atoms in total. The van der Waals surface area contributed by atoms with Crippen LogP contribution in [0.3, 0.4) is 0 Å². The van der Waals surface area contributed by atoms with E-state index in [-0.39, 0.29) is 13.2 Å². The molecule has 3 rings (SSSR count). The molecule has 1 unspecified atom stereocenters. The van der Waals surface area contributed by atoms with E-state index in [1.165, 1.54) is 4.90 Å². The lowest BCUT2D eigenvalue weighted by atomic mass is 10.2. The molecule has 1 atom stereocenters. The molecule has 154 valence electrons. The van der Waals surface area contributed by atoms with Gasteiger partial charge in [-0.3, -0.25) is 4.90 Å². The Bertz CT molecular complexity index is 705. The van der Waals surface area contributed by atoms with Gasteiger partial charge in [0.25, 0.3) is 0 Å². The molecule has 2 aromatic rings. The third kappa shape index (κ3) is 6.58. The van der Waals surface area contributed by atoms with E-state index in [1.807, 2.05) is 60.7 Å². The van der Waals surface area contributed by atoms with Gasteiger partial charge in [0.15, 0.2) is 0 Å². The third-order valence-electron chi connectivity index (χ3n) is 4.66. The molecule has 1 saturated heterocycles. The lowest BCUT2D eigenvalue weighted by Crippen LogP contribution is -2.51. The maximum atomic E-state index is 12.8. The first-order valence-electron chi connectivity index (χ1n) is 9.83. The van der Waals surface area contributed by atoms with Gasteiger partial charge in [-0.05, 0) is 11.1 Å². The Balaban J connectivity index is 1.65. The van der Waals surface area contributed by atoms with E-state index in [4.69, 9.17) is 9.47 Å². The minimum atomic E-state index is -0.748. The lowest BCUT2D eigenvalue weighted by Gasteiger charge is -2.29. The molecule has 7 heteroatoms. The Morgan fingerprint density at radius 3 is 2.07 bits per heavy atom. The number of rotatable bonds is 5. The average molecular weight is 397 g/mol. The maximum Gasteiger partial charge on any atom is 0.410 e. The fourth-order valence-electron chi connectivity index (χ4n) is 3.06. The number of nitrogens with one attached hydrogen (secondary N) is 2. The normalized spacial score (nSPS) is 17.5. The van der Waals surface area contributed by atoms with Crippen molar-refractivity contribution in [1.82, 2.24) is 15.5 Å². The van der Waals surface area contributed by atoms with Crippen LogP contribution in [-0.4, -0.2) is 55.7 Å². The number of hydrogen-bond acceptors (Lipinski definition) is 6. The first-order chi connectivity index (χ1) is 14.2. The fourth-order valence-corrected chi connectivity index (χ4v) is 3.06. The minimum Gasteiger partial charge on any atom is -0.459 e. The average Bonchev–Trinajstić information content (AvgIpc) is 2.89. The first kappa shape index (κ1) is 20.8. The predicted octanol–water partition coefficient (Wildman–Crippen LogP) is 1.93. The van der Waals surface area contributed by atoms with Crippen LogP contribution >= 0.6 is 0 Å². The van der Waals surface area contributed by atoms with E-state index in [2.05, 4.69) is 10.6 Å². The van der Waals surface area contributed by atoms with Crippen molar-refractivity contribution < 1.29 is 19.1 Å². The number of benzene rings is 2. The summed E-state index contributed by atoms with van der Waals surface area (Å²) in [5.74, 6) is -0.445. The molecule has 1 amide bonds. The molecule has 0 spiro atoms. The highest BCUT2D eigenvalue weighted by atomic mass is 16.6. The summed E-state index contributed by atoms with van der Waals surface area (Å²) in [6.07, 6.45) is -0.527. The summed E-state index contributed by atoms with van der Waals surface area (Å²) in [6, 6.07) is 18.2. The Morgan fingerprint density at radius 2 is 1.41 bits per heavy atom. The van der Waals surface area contributed by atoms with Gasteiger partial charge in [0.1, 0.15) is 19.3 Å². The van der Waals surface area contributed by atoms with Gasteiger partial charge in [-0.15, -0.1) is 0 Å². The zero-order valence-corrected chi connectivity index (χ0v) is 16.4. The molecule has 2 aromatic carbocycles. The Morgan fingerprint density at radius 1 is 0.828 bits per heavy atom. The molecule has 0 radical (unpaired) electrons. The number of nitrogens with zero attached hydrogens (tertiary/aromatic N) is 1. The van der Waals surface area contributed by atoms with Gasteiger partial charge in [0.05, 0.1) is 0 Å². The minimum absolute atomic E-state index is 0.156. The summed E-state index contributed by atoms with van der Waals surface area (Å²) in [5, 5.41) is 6.44. The van der Waals surface area contributed by atoms with Crippen molar-refractivity contribution >= 4 is 12.1 Å². The highest BCUT2D eigenvalue weighted by Gasteiger charge is 2.32. The summed E-state index contributed by atoms with van der Waals surface area (Å²) >= 11 is 0. The Labute approximate surface area is 171 Å². The van der Waals surface area contributed by atoms with E-state index < -0.39 is 18.1 Å². The van der Waals surface area contributed by atoms with Gasteiger partial charge < -0.3 is 20.1 Å². The molecular weight excluding hydrogens is 370 g/mol. The maximum absolute atomic E-state index is 12.8. The van der Waals surface area contributed by atoms with Gasteiger partial charge in [0.2, 0.25) is 0 Å². The van der Waals surface area contributed by atoms with Crippen LogP contribution in [0.15, 0.2) is 60.7 Å². The van der Waals surface area contributed by atoms with E-state index >= 15 is 0 Å². The van der Waals surface area contributed by atoms with Crippen molar-refractivity contribution in [3.8, 4) is 0 Å². The quantitative estimate of drug-likeness (QED) is 0.751. The van der Waals surface area contributed by atoms with Crippen molar-refractivity contribution in [2.24, 2.45) is 0 Å². The third-order valence-corrected chi connectivity index (χ3v) is 4.66. The Kier molecular flexibility index (Phi) is 8.03. The largest absolute Gasteiger partial charge is 0.459 e. The number of ether oxygens (including phenoxy) is 2. The summed E-state index contributed by atoms with van der Waals surface area (Å²) in [7, 11) is 0. The second-order valence-electron chi connectivity index (χ2n) is 6.80. The van der Waals surface area contributed by atoms with Crippen LogP contribution in [0.2, 0.25) is 0 Å². The van der Waals surface area contributed by atoms with Crippen LogP contribution in [-0.2, 0) is 27.5 Å². The molecule has 0 aromatic heterocycles. The second-order valence-corrected chi connectivity index (χ2v) is 6.80. The number of amides is 1. The highest BCUT2D eigenvalue weighted by Crippen LogP contribution is 2.10. The standard InChI is InChI=1S/C22H27N3O4/c26-21(28-16-18-7-3-1-4-8-18)20-15-24-12-11-23-13-14-25(20)22(27)29-17-19-9-5-2-6-10-19/h1-10,20,23-24H,11-17H2.